The first-order chi connectivity index (χ1) is 11.7. The molecule has 0 heterocycles. The van der Waals surface area contributed by atoms with Crippen LogP contribution in [0.4, 0.5) is 0 Å². The van der Waals surface area contributed by atoms with Crippen molar-refractivity contribution in [3.8, 4) is 0 Å². The quantitative estimate of drug-likeness (QED) is 0.746. The zero-order valence-corrected chi connectivity index (χ0v) is 15.4. The third kappa shape index (κ3) is 5.69. The van der Waals surface area contributed by atoms with E-state index in [2.05, 4.69) is 12.2 Å². The zero-order chi connectivity index (χ0) is 18.6. The Balaban J connectivity index is 1.93. The molecule has 1 fully saturated rings. The first-order valence-electron chi connectivity index (χ1n) is 7.95. The highest BCUT2D eigenvalue weighted by molar-refractivity contribution is 7.89. The van der Waals surface area contributed by atoms with Gasteiger partial charge in [-0.3, -0.25) is 4.79 Å². The van der Waals surface area contributed by atoms with Gasteiger partial charge in [0.2, 0.25) is 10.0 Å². The van der Waals surface area contributed by atoms with Gasteiger partial charge in [-0.2, -0.15) is 0 Å². The standard InChI is InChI=1S/C16H21ClN2O5S/c1-10-2-4-11(5-3-10)19-15(20)9-24-16(21)13-8-12(25(18,22)23)6-7-14(13)17/h6-8,10-11H,2-5,9H2,1H3,(H,19,20)(H2,18,22,23). The minimum Gasteiger partial charge on any atom is -0.452 e. The molecule has 0 aromatic heterocycles. The highest BCUT2D eigenvalue weighted by Gasteiger charge is 2.21. The van der Waals surface area contributed by atoms with Gasteiger partial charge < -0.3 is 10.1 Å². The third-order valence-corrected chi connectivity index (χ3v) is 5.44. The Kier molecular flexibility index (Phi) is 6.42. The Hall–Kier alpha value is -1.64. The maximum atomic E-state index is 12.1. The highest BCUT2D eigenvalue weighted by Crippen LogP contribution is 2.23. The fraction of sp³-hybridized carbons (Fsp3) is 0.500. The molecule has 7 nitrogen and oxygen atoms in total. The zero-order valence-electron chi connectivity index (χ0n) is 13.8. The van der Waals surface area contributed by atoms with Crippen LogP contribution in [0.2, 0.25) is 5.02 Å². The van der Waals surface area contributed by atoms with E-state index >= 15 is 0 Å². The van der Waals surface area contributed by atoms with Crippen LogP contribution in [0, 0.1) is 5.92 Å². The molecule has 0 unspecified atom stereocenters. The van der Waals surface area contributed by atoms with Crippen molar-refractivity contribution in [1.82, 2.24) is 5.32 Å². The molecule has 25 heavy (non-hydrogen) atoms. The summed E-state index contributed by atoms with van der Waals surface area (Å²) in [4.78, 5) is 23.7. The predicted octanol–water partition coefficient (Wildman–Crippen LogP) is 1.84. The van der Waals surface area contributed by atoms with Crippen LogP contribution in [0.1, 0.15) is 43.0 Å². The van der Waals surface area contributed by atoms with Crippen molar-refractivity contribution in [2.45, 2.75) is 43.5 Å². The van der Waals surface area contributed by atoms with Crippen molar-refractivity contribution in [3.05, 3.63) is 28.8 Å². The van der Waals surface area contributed by atoms with Gasteiger partial charge in [-0.15, -0.1) is 0 Å². The van der Waals surface area contributed by atoms with Crippen LogP contribution in [0.3, 0.4) is 0 Å². The summed E-state index contributed by atoms with van der Waals surface area (Å²) >= 11 is 5.89. The molecule has 1 amide bonds. The number of hydrogen-bond acceptors (Lipinski definition) is 5. The summed E-state index contributed by atoms with van der Waals surface area (Å²) in [5, 5.41) is 7.87. The molecule has 1 aliphatic carbocycles. The van der Waals surface area contributed by atoms with Crippen LogP contribution in [0.25, 0.3) is 0 Å². The number of rotatable bonds is 5. The lowest BCUT2D eigenvalue weighted by Gasteiger charge is -2.26. The van der Waals surface area contributed by atoms with E-state index < -0.39 is 28.5 Å². The molecule has 0 radical (unpaired) electrons. The number of halogens is 1. The fourth-order valence-corrected chi connectivity index (χ4v) is 3.45. The topological polar surface area (TPSA) is 116 Å². The molecule has 2 rings (SSSR count). The number of primary sulfonamides is 1. The predicted molar refractivity (Wildman–Crippen MR) is 92.7 cm³/mol. The van der Waals surface area contributed by atoms with Crippen LogP contribution in [0.5, 0.6) is 0 Å². The number of sulfonamides is 1. The summed E-state index contributed by atoms with van der Waals surface area (Å²) in [6.07, 6.45) is 3.92. The number of benzene rings is 1. The van der Waals surface area contributed by atoms with Gasteiger partial charge in [-0.1, -0.05) is 18.5 Å². The number of carbonyl (C=O) groups excluding carboxylic acids is 2. The van der Waals surface area contributed by atoms with E-state index in [1.54, 1.807) is 0 Å². The summed E-state index contributed by atoms with van der Waals surface area (Å²) in [5.41, 5.74) is -0.160. The van der Waals surface area contributed by atoms with E-state index in [4.69, 9.17) is 21.5 Å². The van der Waals surface area contributed by atoms with Crippen molar-refractivity contribution in [2.75, 3.05) is 6.61 Å². The van der Waals surface area contributed by atoms with Crippen LogP contribution in [-0.4, -0.2) is 32.9 Å². The van der Waals surface area contributed by atoms with Crippen LogP contribution < -0.4 is 10.5 Å². The van der Waals surface area contributed by atoms with Crippen LogP contribution in [-0.2, 0) is 19.6 Å². The van der Waals surface area contributed by atoms with Gasteiger partial charge in [0.15, 0.2) is 6.61 Å². The Morgan fingerprint density at radius 2 is 1.92 bits per heavy atom. The Bertz CT molecular complexity index is 758. The van der Waals surface area contributed by atoms with Crippen molar-refractivity contribution in [1.29, 1.82) is 0 Å². The fourth-order valence-electron chi connectivity index (χ4n) is 2.72. The average molecular weight is 389 g/mol. The van der Waals surface area contributed by atoms with Gasteiger partial charge in [-0.05, 0) is 49.8 Å². The van der Waals surface area contributed by atoms with Crippen molar-refractivity contribution >= 4 is 33.5 Å². The number of amides is 1. The second kappa shape index (κ2) is 8.16. The van der Waals surface area contributed by atoms with Gasteiger partial charge in [0.25, 0.3) is 5.91 Å². The largest absolute Gasteiger partial charge is 0.452 e. The monoisotopic (exact) mass is 388 g/mol. The average Bonchev–Trinajstić information content (AvgIpc) is 2.54. The number of hydrogen-bond donors (Lipinski definition) is 2. The molecule has 138 valence electrons. The molecule has 1 aliphatic rings. The van der Waals surface area contributed by atoms with E-state index in [9.17, 15) is 18.0 Å². The lowest BCUT2D eigenvalue weighted by molar-refractivity contribution is -0.125. The van der Waals surface area contributed by atoms with E-state index in [1.807, 2.05) is 0 Å². The molecule has 0 saturated heterocycles. The number of nitrogens with one attached hydrogen (secondary N) is 1. The number of esters is 1. The maximum Gasteiger partial charge on any atom is 0.340 e. The summed E-state index contributed by atoms with van der Waals surface area (Å²) in [7, 11) is -3.98. The maximum absolute atomic E-state index is 12.1. The van der Waals surface area contributed by atoms with Gasteiger partial charge >= 0.3 is 5.97 Å². The Labute approximate surface area is 151 Å². The summed E-state index contributed by atoms with van der Waals surface area (Å²) in [6.45, 7) is 1.72. The number of ether oxygens (including phenoxy) is 1. The number of nitrogens with two attached hydrogens (primary N) is 1. The minimum atomic E-state index is -3.98. The Morgan fingerprint density at radius 3 is 2.52 bits per heavy atom. The molecule has 0 bridgehead atoms. The van der Waals surface area contributed by atoms with Crippen molar-refractivity contribution in [2.24, 2.45) is 11.1 Å². The normalized spacial score (nSPS) is 20.8. The van der Waals surface area contributed by atoms with Gasteiger partial charge in [-0.25, -0.2) is 18.4 Å². The van der Waals surface area contributed by atoms with Crippen molar-refractivity contribution in [3.63, 3.8) is 0 Å². The van der Waals surface area contributed by atoms with E-state index in [0.29, 0.717) is 5.92 Å². The van der Waals surface area contributed by atoms with Gasteiger partial charge in [0.05, 0.1) is 15.5 Å². The second-order valence-electron chi connectivity index (χ2n) is 6.29. The third-order valence-electron chi connectivity index (χ3n) is 4.20. The van der Waals surface area contributed by atoms with Gasteiger partial charge in [0.1, 0.15) is 0 Å². The van der Waals surface area contributed by atoms with E-state index in [-0.39, 0.29) is 21.5 Å². The van der Waals surface area contributed by atoms with Crippen molar-refractivity contribution < 1.29 is 22.7 Å². The first-order valence-corrected chi connectivity index (χ1v) is 9.88. The molecule has 9 heteroatoms. The molecule has 1 saturated carbocycles. The van der Waals surface area contributed by atoms with E-state index in [0.717, 1.165) is 31.7 Å². The molecular weight excluding hydrogens is 368 g/mol. The second-order valence-corrected chi connectivity index (χ2v) is 8.26. The lowest BCUT2D eigenvalue weighted by Crippen LogP contribution is -2.39. The van der Waals surface area contributed by atoms with Crippen LogP contribution in [0.15, 0.2) is 23.1 Å². The molecule has 0 aliphatic heterocycles. The number of carbonyl (C=O) groups is 2. The smallest absolute Gasteiger partial charge is 0.340 e. The first kappa shape index (κ1) is 19.7. The van der Waals surface area contributed by atoms with Crippen LogP contribution >= 0.6 is 11.6 Å². The molecular formula is C16H21ClN2O5S. The lowest BCUT2D eigenvalue weighted by atomic mass is 9.87. The minimum absolute atomic E-state index is 0.0130. The molecule has 1 aromatic carbocycles. The molecule has 0 atom stereocenters. The Morgan fingerprint density at radius 1 is 1.28 bits per heavy atom. The summed E-state index contributed by atoms with van der Waals surface area (Å²) < 4.78 is 27.6. The SMILES string of the molecule is CC1CCC(NC(=O)COC(=O)c2cc(S(N)(=O)=O)ccc2Cl)CC1. The summed E-state index contributed by atoms with van der Waals surface area (Å²) in [6, 6.07) is 3.55. The highest BCUT2D eigenvalue weighted by atomic mass is 35.5. The molecule has 0 spiro atoms. The molecule has 1 aromatic rings. The van der Waals surface area contributed by atoms with E-state index in [1.165, 1.54) is 12.1 Å². The summed E-state index contributed by atoms with van der Waals surface area (Å²) in [5.74, 6) is -0.617. The van der Waals surface area contributed by atoms with Gasteiger partial charge in [0, 0.05) is 6.04 Å². The molecule has 3 N–H and O–H groups in total.